The molecule has 0 aliphatic rings. The van der Waals surface area contributed by atoms with Crippen LogP contribution in [0.25, 0.3) is 0 Å². The molecule has 0 fully saturated rings. The first-order valence-electron chi connectivity index (χ1n) is 6.15. The average Bonchev–Trinajstić information content (AvgIpc) is 2.19. The summed E-state index contributed by atoms with van der Waals surface area (Å²) >= 11 is 0. The van der Waals surface area contributed by atoms with Crippen LogP contribution >= 0.6 is 0 Å². The molecule has 0 heterocycles. The number of hydrogen-bond acceptors (Lipinski definition) is 5. The number of ether oxygens (including phenoxy) is 3. The molecule has 0 unspecified atom stereocenters. The van der Waals surface area contributed by atoms with E-state index in [-0.39, 0.29) is 38.2 Å². The Kier molecular flexibility index (Phi) is 7.05. The van der Waals surface area contributed by atoms with Crippen LogP contribution in [0.2, 0.25) is 0 Å². The third-order valence-corrected chi connectivity index (χ3v) is 1.86. The van der Waals surface area contributed by atoms with Crippen LogP contribution in [0.15, 0.2) is 0 Å². The van der Waals surface area contributed by atoms with Crippen molar-refractivity contribution >= 4 is 11.9 Å². The summed E-state index contributed by atoms with van der Waals surface area (Å²) in [4.78, 5) is 22.1. The third kappa shape index (κ3) is 11.7. The van der Waals surface area contributed by atoms with Crippen molar-refractivity contribution in [3.8, 4) is 0 Å². The number of carbonyl (C=O) groups is 2. The third-order valence-electron chi connectivity index (χ3n) is 1.86. The van der Waals surface area contributed by atoms with Gasteiger partial charge in [-0.05, 0) is 34.6 Å². The fourth-order valence-electron chi connectivity index (χ4n) is 1.13. The van der Waals surface area contributed by atoms with E-state index >= 15 is 0 Å². The fourth-order valence-corrected chi connectivity index (χ4v) is 1.13. The van der Waals surface area contributed by atoms with Gasteiger partial charge < -0.3 is 14.2 Å². The Balaban J connectivity index is 3.79. The summed E-state index contributed by atoms with van der Waals surface area (Å²) in [6, 6.07) is 0. The van der Waals surface area contributed by atoms with Gasteiger partial charge in [0.05, 0.1) is 26.2 Å². The van der Waals surface area contributed by atoms with Crippen LogP contribution in [0.5, 0.6) is 0 Å². The molecule has 0 aliphatic heterocycles. The number of carbonyl (C=O) groups excluding carboxylic acids is 2. The number of esters is 2. The van der Waals surface area contributed by atoms with Gasteiger partial charge in [-0.2, -0.15) is 0 Å². The van der Waals surface area contributed by atoms with E-state index in [9.17, 15) is 9.59 Å². The zero-order chi connectivity index (χ0) is 15.1. The summed E-state index contributed by atoms with van der Waals surface area (Å²) in [7, 11) is 0. The predicted molar refractivity (Wildman–Crippen MR) is 71.1 cm³/mol. The van der Waals surface area contributed by atoms with Gasteiger partial charge in [0.1, 0.15) is 5.60 Å². The van der Waals surface area contributed by atoms with Crippen molar-refractivity contribution in [1.82, 2.24) is 0 Å². The lowest BCUT2D eigenvalue weighted by molar-refractivity contribution is -0.156. The highest BCUT2D eigenvalue weighted by Crippen LogP contribution is 2.15. The first-order valence-corrected chi connectivity index (χ1v) is 6.15. The summed E-state index contributed by atoms with van der Waals surface area (Å²) in [5, 5.41) is 0. The van der Waals surface area contributed by atoms with Gasteiger partial charge in [0.2, 0.25) is 0 Å². The molecule has 0 aromatic rings. The predicted octanol–water partition coefficient (Wildman–Crippen LogP) is 1.95. The summed E-state index contributed by atoms with van der Waals surface area (Å²) in [5.74, 6) is -0.698. The standard InChI is InChI=1S/C14H24O5/c1-11(15)18-10-14(5,6)9-17-8-7-12(16)19-13(2,3)4/h5-10H2,1-4H3. The molecule has 5 nitrogen and oxygen atoms in total. The van der Waals surface area contributed by atoms with Crippen LogP contribution in [0.4, 0.5) is 0 Å². The van der Waals surface area contributed by atoms with Gasteiger partial charge in [0, 0.05) is 12.3 Å². The van der Waals surface area contributed by atoms with E-state index in [0.717, 1.165) is 0 Å². The van der Waals surface area contributed by atoms with Crippen molar-refractivity contribution in [2.24, 2.45) is 5.41 Å². The van der Waals surface area contributed by atoms with Crippen LogP contribution < -0.4 is 0 Å². The molecule has 0 atom stereocenters. The van der Waals surface area contributed by atoms with E-state index in [1.165, 1.54) is 6.92 Å². The molecule has 0 saturated carbocycles. The van der Waals surface area contributed by atoms with E-state index in [1.807, 2.05) is 20.8 Å². The Bertz CT molecular complexity index is 301. The minimum Gasteiger partial charge on any atom is -0.465 e. The smallest absolute Gasteiger partial charge is 0.308 e. The lowest BCUT2D eigenvalue weighted by Gasteiger charge is -2.23. The molecule has 5 heteroatoms. The molecule has 0 spiro atoms. The normalized spacial score (nSPS) is 12.1. The highest BCUT2D eigenvalue weighted by molar-refractivity contribution is 5.69. The molecule has 0 bridgehead atoms. The highest BCUT2D eigenvalue weighted by atomic mass is 16.6. The molecular weight excluding hydrogens is 248 g/mol. The molecule has 0 rings (SSSR count). The van der Waals surface area contributed by atoms with Crippen molar-refractivity contribution in [3.05, 3.63) is 13.8 Å². The molecule has 110 valence electrons. The minimum absolute atomic E-state index is 0.0781. The zero-order valence-corrected chi connectivity index (χ0v) is 12.3. The Labute approximate surface area is 115 Å². The number of rotatable bonds is 7. The highest BCUT2D eigenvalue weighted by Gasteiger charge is 2.21. The Morgan fingerprint density at radius 2 is 1.68 bits per heavy atom. The van der Waals surface area contributed by atoms with E-state index in [4.69, 9.17) is 14.2 Å². The van der Waals surface area contributed by atoms with Crippen LogP contribution in [-0.2, 0) is 23.8 Å². The van der Waals surface area contributed by atoms with Gasteiger partial charge in [0.25, 0.3) is 0 Å². The summed E-state index contributed by atoms with van der Waals surface area (Å²) in [6.45, 7) is 14.8. The van der Waals surface area contributed by atoms with Crippen molar-refractivity contribution in [2.45, 2.75) is 39.7 Å². The number of hydrogen-bond donors (Lipinski definition) is 0. The zero-order valence-electron chi connectivity index (χ0n) is 12.3. The summed E-state index contributed by atoms with van der Waals surface area (Å²) < 4.78 is 15.2. The van der Waals surface area contributed by atoms with Crippen molar-refractivity contribution < 1.29 is 23.8 Å². The Hall–Kier alpha value is -1.10. The maximum Gasteiger partial charge on any atom is 0.308 e. The molecule has 0 aromatic heterocycles. The molecule has 0 saturated heterocycles. The van der Waals surface area contributed by atoms with Crippen LogP contribution in [0.1, 0.15) is 34.1 Å². The maximum absolute atomic E-state index is 11.4. The Morgan fingerprint density at radius 1 is 1.11 bits per heavy atom. The van der Waals surface area contributed by atoms with Crippen molar-refractivity contribution in [2.75, 3.05) is 19.8 Å². The average molecular weight is 272 g/mol. The Morgan fingerprint density at radius 3 is 2.16 bits per heavy atom. The second-order valence-electron chi connectivity index (χ2n) is 5.67. The lowest BCUT2D eigenvalue weighted by Crippen LogP contribution is -2.28. The first-order chi connectivity index (χ1) is 8.52. The van der Waals surface area contributed by atoms with Gasteiger partial charge in [-0.25, -0.2) is 0 Å². The quantitative estimate of drug-likeness (QED) is 0.523. The van der Waals surface area contributed by atoms with Crippen LogP contribution in [0.3, 0.4) is 0 Å². The molecule has 0 N–H and O–H groups in total. The topological polar surface area (TPSA) is 61.8 Å². The molecule has 0 aromatic carbocycles. The molecule has 0 amide bonds. The molecule has 0 aliphatic carbocycles. The molecule has 19 heavy (non-hydrogen) atoms. The largest absolute Gasteiger partial charge is 0.465 e. The van der Waals surface area contributed by atoms with Crippen LogP contribution in [0, 0.1) is 19.3 Å². The molecular formula is C14H24O5. The minimum atomic E-state index is -0.764. The second kappa shape index (κ2) is 7.48. The lowest BCUT2D eigenvalue weighted by atomic mass is 9.96. The van der Waals surface area contributed by atoms with Gasteiger partial charge in [-0.1, -0.05) is 0 Å². The monoisotopic (exact) mass is 272 g/mol. The SMILES string of the molecule is [CH2]C([CH2])(COCCC(=O)OC(C)(C)C)COC(C)=O. The maximum atomic E-state index is 11.4. The second-order valence-corrected chi connectivity index (χ2v) is 5.67. The van der Waals surface area contributed by atoms with E-state index < -0.39 is 11.0 Å². The fraction of sp³-hybridized carbons (Fsp3) is 0.714. The van der Waals surface area contributed by atoms with Gasteiger partial charge in [-0.3, -0.25) is 9.59 Å². The first kappa shape index (κ1) is 17.9. The van der Waals surface area contributed by atoms with E-state index in [0.29, 0.717) is 0 Å². The van der Waals surface area contributed by atoms with Crippen molar-refractivity contribution in [3.63, 3.8) is 0 Å². The van der Waals surface area contributed by atoms with E-state index in [2.05, 4.69) is 13.8 Å². The summed E-state index contributed by atoms with van der Waals surface area (Å²) in [6.07, 6.45) is 0.168. The van der Waals surface area contributed by atoms with Gasteiger partial charge in [0.15, 0.2) is 0 Å². The van der Waals surface area contributed by atoms with Gasteiger partial charge >= 0.3 is 11.9 Å². The summed E-state index contributed by atoms with van der Waals surface area (Å²) in [5.41, 5.74) is -1.26. The van der Waals surface area contributed by atoms with Crippen molar-refractivity contribution in [1.29, 1.82) is 0 Å². The van der Waals surface area contributed by atoms with Crippen LogP contribution in [-0.4, -0.2) is 37.4 Å². The van der Waals surface area contributed by atoms with Gasteiger partial charge in [-0.15, -0.1) is 0 Å². The van der Waals surface area contributed by atoms with E-state index in [1.54, 1.807) is 0 Å². The molecule has 2 radical (unpaired) electrons.